The molecular weight excluding hydrogens is 180 g/mol. The molecule has 0 aliphatic heterocycles. The topological polar surface area (TPSA) is 9.23 Å². The molecule has 2 aromatic rings. The summed E-state index contributed by atoms with van der Waals surface area (Å²) in [6.45, 7) is 0. The van der Waals surface area contributed by atoms with Crippen molar-refractivity contribution in [2.75, 3.05) is 7.11 Å². The van der Waals surface area contributed by atoms with Crippen LogP contribution in [-0.4, -0.2) is 7.11 Å². The summed E-state index contributed by atoms with van der Waals surface area (Å²) in [5, 5.41) is 2.16. The lowest BCUT2D eigenvalue weighted by Crippen LogP contribution is -1.85. The summed E-state index contributed by atoms with van der Waals surface area (Å²) in [7, 11) is 1.66. The van der Waals surface area contributed by atoms with Gasteiger partial charge in [-0.25, -0.2) is 0 Å². The summed E-state index contributed by atoms with van der Waals surface area (Å²) in [6.07, 6.45) is 0. The summed E-state index contributed by atoms with van der Waals surface area (Å²) in [6, 6.07) is 11.8. The lowest BCUT2D eigenvalue weighted by Gasteiger charge is -2.05. The highest BCUT2D eigenvalue weighted by Crippen LogP contribution is 2.30. The number of ether oxygens (including phenoxy) is 1. The summed E-state index contributed by atoms with van der Waals surface area (Å²) in [5.74, 6) is 0.850. The summed E-state index contributed by atoms with van der Waals surface area (Å²) in [5.41, 5.74) is 0. The zero-order valence-corrected chi connectivity index (χ0v) is 8.10. The fraction of sp³-hybridized carbons (Fsp3) is 0.0909. The van der Waals surface area contributed by atoms with Gasteiger partial charge in [0.1, 0.15) is 5.75 Å². The van der Waals surface area contributed by atoms with Gasteiger partial charge in [-0.1, -0.05) is 36.9 Å². The molecule has 0 N–H and O–H groups in total. The Morgan fingerprint density at radius 3 is 2.46 bits per heavy atom. The molecule has 0 amide bonds. The SMILES string of the molecule is COc1cccc2cccc([S])c12. The zero-order valence-electron chi connectivity index (χ0n) is 7.28. The predicted octanol–water partition coefficient (Wildman–Crippen LogP) is 3.40. The van der Waals surface area contributed by atoms with Crippen LogP contribution in [0.5, 0.6) is 5.75 Å². The lowest BCUT2D eigenvalue weighted by atomic mass is 10.1. The van der Waals surface area contributed by atoms with E-state index in [1.807, 2.05) is 36.4 Å². The van der Waals surface area contributed by atoms with Gasteiger partial charge in [-0.05, 0) is 17.5 Å². The summed E-state index contributed by atoms with van der Waals surface area (Å²) >= 11 is 5.23. The standard InChI is InChI=1S/C11H9OS/c1-12-9-6-2-4-8-5-3-7-10(13)11(8)9/h2-7H,1H3. The smallest absolute Gasteiger partial charge is 0.128 e. The first kappa shape index (κ1) is 8.32. The largest absolute Gasteiger partial charge is 0.496 e. The molecule has 1 radical (unpaired) electrons. The molecule has 2 rings (SSSR count). The maximum Gasteiger partial charge on any atom is 0.128 e. The van der Waals surface area contributed by atoms with E-state index in [-0.39, 0.29) is 0 Å². The van der Waals surface area contributed by atoms with E-state index in [0.29, 0.717) is 0 Å². The molecule has 0 saturated heterocycles. The van der Waals surface area contributed by atoms with Crippen LogP contribution in [0.4, 0.5) is 0 Å². The Morgan fingerprint density at radius 2 is 1.77 bits per heavy atom. The average Bonchev–Trinajstić information content (AvgIpc) is 2.17. The monoisotopic (exact) mass is 189 g/mol. The zero-order chi connectivity index (χ0) is 9.26. The molecule has 0 spiro atoms. The molecule has 0 fully saturated rings. The van der Waals surface area contributed by atoms with Crippen LogP contribution >= 0.6 is 12.6 Å². The van der Waals surface area contributed by atoms with Crippen molar-refractivity contribution in [3.05, 3.63) is 36.4 Å². The Hall–Kier alpha value is -1.28. The summed E-state index contributed by atoms with van der Waals surface area (Å²) in [4.78, 5) is 0.843. The van der Waals surface area contributed by atoms with Gasteiger partial charge in [-0.3, -0.25) is 0 Å². The molecule has 0 heterocycles. The van der Waals surface area contributed by atoms with Gasteiger partial charge in [0.2, 0.25) is 0 Å². The quantitative estimate of drug-likeness (QED) is 0.668. The van der Waals surface area contributed by atoms with Gasteiger partial charge in [-0.2, -0.15) is 0 Å². The van der Waals surface area contributed by atoms with Crippen molar-refractivity contribution in [1.82, 2.24) is 0 Å². The van der Waals surface area contributed by atoms with Gasteiger partial charge in [0.15, 0.2) is 0 Å². The Bertz CT molecular complexity index is 432. The second-order valence-electron chi connectivity index (χ2n) is 2.81. The number of benzene rings is 2. The molecule has 0 saturated carbocycles. The first-order chi connectivity index (χ1) is 6.33. The van der Waals surface area contributed by atoms with Crippen molar-refractivity contribution < 1.29 is 4.74 Å². The molecule has 0 bridgehead atoms. The summed E-state index contributed by atoms with van der Waals surface area (Å²) < 4.78 is 5.24. The second kappa shape index (κ2) is 3.23. The van der Waals surface area contributed by atoms with E-state index in [0.717, 1.165) is 21.4 Å². The Kier molecular flexibility index (Phi) is 2.07. The highest BCUT2D eigenvalue weighted by molar-refractivity contribution is 7.80. The highest BCUT2D eigenvalue weighted by atomic mass is 32.1. The van der Waals surface area contributed by atoms with E-state index in [4.69, 9.17) is 17.4 Å². The fourth-order valence-electron chi connectivity index (χ4n) is 1.44. The van der Waals surface area contributed by atoms with Crippen molar-refractivity contribution in [2.24, 2.45) is 0 Å². The maximum atomic E-state index is 5.24. The van der Waals surface area contributed by atoms with E-state index in [9.17, 15) is 0 Å². The molecule has 1 nitrogen and oxygen atoms in total. The normalized spacial score (nSPS) is 10.2. The van der Waals surface area contributed by atoms with Gasteiger partial charge in [0.25, 0.3) is 0 Å². The fourth-order valence-corrected chi connectivity index (χ4v) is 1.74. The molecule has 0 aliphatic rings. The molecule has 13 heavy (non-hydrogen) atoms. The third-order valence-corrected chi connectivity index (χ3v) is 2.39. The van der Waals surface area contributed by atoms with Crippen molar-refractivity contribution >= 4 is 23.4 Å². The van der Waals surface area contributed by atoms with Crippen molar-refractivity contribution in [1.29, 1.82) is 0 Å². The molecule has 0 aromatic heterocycles. The van der Waals surface area contributed by atoms with Crippen LogP contribution in [0.25, 0.3) is 10.8 Å². The van der Waals surface area contributed by atoms with Crippen molar-refractivity contribution in [3.8, 4) is 5.75 Å². The first-order valence-electron chi connectivity index (χ1n) is 4.05. The van der Waals surface area contributed by atoms with Crippen LogP contribution in [0.1, 0.15) is 0 Å². The average molecular weight is 189 g/mol. The molecule has 2 aromatic carbocycles. The molecule has 0 atom stereocenters. The third-order valence-electron chi connectivity index (χ3n) is 2.05. The highest BCUT2D eigenvalue weighted by Gasteiger charge is 2.03. The second-order valence-corrected chi connectivity index (χ2v) is 3.25. The Morgan fingerprint density at radius 1 is 1.08 bits per heavy atom. The minimum Gasteiger partial charge on any atom is -0.496 e. The molecule has 2 heteroatoms. The number of hydrogen-bond acceptors (Lipinski definition) is 1. The molecule has 65 valence electrons. The van der Waals surface area contributed by atoms with E-state index < -0.39 is 0 Å². The predicted molar refractivity (Wildman–Crippen MR) is 56.4 cm³/mol. The van der Waals surface area contributed by atoms with E-state index in [2.05, 4.69) is 0 Å². The van der Waals surface area contributed by atoms with Crippen LogP contribution in [0.15, 0.2) is 41.3 Å². The van der Waals surface area contributed by atoms with Crippen molar-refractivity contribution in [3.63, 3.8) is 0 Å². The van der Waals surface area contributed by atoms with Gasteiger partial charge in [0, 0.05) is 10.3 Å². The van der Waals surface area contributed by atoms with E-state index in [1.165, 1.54) is 0 Å². The Balaban J connectivity index is 2.87. The Labute approximate surface area is 82.7 Å². The van der Waals surface area contributed by atoms with E-state index in [1.54, 1.807) is 7.11 Å². The van der Waals surface area contributed by atoms with Crippen LogP contribution < -0.4 is 4.74 Å². The lowest BCUT2D eigenvalue weighted by molar-refractivity contribution is 0.419. The number of methoxy groups -OCH3 is 1. The number of hydrogen-bond donors (Lipinski definition) is 0. The van der Waals surface area contributed by atoms with E-state index >= 15 is 0 Å². The molecule has 0 unspecified atom stereocenters. The minimum absolute atomic E-state index is 0.843. The van der Waals surface area contributed by atoms with Gasteiger partial charge in [0.05, 0.1) is 7.11 Å². The van der Waals surface area contributed by atoms with Gasteiger partial charge < -0.3 is 4.74 Å². The molecule has 0 aliphatic carbocycles. The van der Waals surface area contributed by atoms with Crippen LogP contribution in [0, 0.1) is 0 Å². The van der Waals surface area contributed by atoms with Crippen LogP contribution in [0.2, 0.25) is 0 Å². The maximum absolute atomic E-state index is 5.24. The minimum atomic E-state index is 0.843. The number of fused-ring (bicyclic) bond motifs is 1. The van der Waals surface area contributed by atoms with Crippen LogP contribution in [-0.2, 0) is 0 Å². The van der Waals surface area contributed by atoms with Gasteiger partial charge >= 0.3 is 0 Å². The number of rotatable bonds is 1. The van der Waals surface area contributed by atoms with Crippen LogP contribution in [0.3, 0.4) is 0 Å². The first-order valence-corrected chi connectivity index (χ1v) is 4.46. The van der Waals surface area contributed by atoms with Crippen molar-refractivity contribution in [2.45, 2.75) is 4.90 Å². The molecular formula is C11H9OS. The van der Waals surface area contributed by atoms with Gasteiger partial charge in [-0.15, -0.1) is 0 Å². The third kappa shape index (κ3) is 1.33.